The number of hydrogen-bond donors (Lipinski definition) is 0. The van der Waals surface area contributed by atoms with Crippen LogP contribution in [0.5, 0.6) is 23.0 Å². The number of allylic oxidation sites excluding steroid dienone is 1. The van der Waals surface area contributed by atoms with Gasteiger partial charge in [-0.3, -0.25) is 9.59 Å². The van der Waals surface area contributed by atoms with E-state index < -0.39 is 0 Å². The highest BCUT2D eigenvalue weighted by Crippen LogP contribution is 2.34. The van der Waals surface area contributed by atoms with Gasteiger partial charge in [-0.2, -0.15) is 0 Å². The van der Waals surface area contributed by atoms with Gasteiger partial charge in [-0.1, -0.05) is 84.9 Å². The summed E-state index contributed by atoms with van der Waals surface area (Å²) in [5.74, 6) is 2.08. The summed E-state index contributed by atoms with van der Waals surface area (Å²) in [6.07, 6.45) is 0.728. The molecule has 0 amide bonds. The number of carbonyl (C=O) groups is 2. The van der Waals surface area contributed by atoms with Crippen molar-refractivity contribution in [2.75, 3.05) is 20.3 Å². The van der Waals surface area contributed by atoms with Gasteiger partial charge in [0.05, 0.1) is 7.11 Å². The second kappa shape index (κ2) is 15.2. The van der Waals surface area contributed by atoms with Crippen molar-refractivity contribution in [1.29, 1.82) is 0 Å². The fourth-order valence-corrected chi connectivity index (χ4v) is 4.93. The van der Waals surface area contributed by atoms with Crippen molar-refractivity contribution in [3.63, 3.8) is 0 Å². The van der Waals surface area contributed by atoms with E-state index in [0.717, 1.165) is 39.7 Å². The minimum Gasteiger partial charge on any atom is -0.493 e. The number of benzene rings is 5. The summed E-state index contributed by atoms with van der Waals surface area (Å²) in [5, 5.41) is 0. The lowest BCUT2D eigenvalue weighted by atomic mass is 9.90. The molecule has 45 heavy (non-hydrogen) atoms. The first kappa shape index (κ1) is 30.8. The fourth-order valence-electron chi connectivity index (χ4n) is 4.93. The molecule has 0 heterocycles. The fraction of sp³-hybridized carbons (Fsp3) is 0.128. The predicted octanol–water partition coefficient (Wildman–Crippen LogP) is 8.09. The Balaban J connectivity index is 1.29. The first-order valence-corrected chi connectivity index (χ1v) is 14.6. The zero-order chi connectivity index (χ0) is 31.4. The minimum atomic E-state index is -0.176. The molecule has 0 atom stereocenters. The summed E-state index contributed by atoms with van der Waals surface area (Å²) < 4.78 is 22.7. The van der Waals surface area contributed by atoms with Crippen molar-refractivity contribution < 1.29 is 28.5 Å². The van der Waals surface area contributed by atoms with Gasteiger partial charge < -0.3 is 18.9 Å². The zero-order valence-electron chi connectivity index (χ0n) is 25.3. The Hall–Kier alpha value is -5.62. The SMILES string of the molecule is COc1cc(C(=O)COc2ccc(/C(=C(\C)c3ccccc3)c3ccc(OCC=O)cc3)cc2)ccc1OCc1ccccc1. The molecule has 0 aliphatic rings. The second-order valence-corrected chi connectivity index (χ2v) is 10.2. The molecule has 5 rings (SSSR count). The molecule has 0 aliphatic heterocycles. The molecule has 5 aromatic carbocycles. The van der Waals surface area contributed by atoms with Crippen LogP contribution in [0.1, 0.15) is 39.5 Å². The highest BCUT2D eigenvalue weighted by Gasteiger charge is 2.14. The second-order valence-electron chi connectivity index (χ2n) is 10.2. The highest BCUT2D eigenvalue weighted by atomic mass is 16.5. The molecule has 0 spiro atoms. The summed E-state index contributed by atoms with van der Waals surface area (Å²) in [4.78, 5) is 23.7. The Labute approximate surface area is 263 Å². The number of hydrogen-bond acceptors (Lipinski definition) is 6. The lowest BCUT2D eigenvalue weighted by molar-refractivity contribution is -0.109. The summed E-state index contributed by atoms with van der Waals surface area (Å²) >= 11 is 0. The van der Waals surface area contributed by atoms with Crippen LogP contribution in [0.3, 0.4) is 0 Å². The van der Waals surface area contributed by atoms with Crippen molar-refractivity contribution in [3.8, 4) is 23.0 Å². The van der Waals surface area contributed by atoms with E-state index in [0.29, 0.717) is 35.2 Å². The quantitative estimate of drug-likeness (QED) is 0.0731. The molecule has 5 aromatic rings. The highest BCUT2D eigenvalue weighted by molar-refractivity contribution is 5.98. The van der Waals surface area contributed by atoms with Crippen LogP contribution in [0, 0.1) is 0 Å². The van der Waals surface area contributed by atoms with Crippen LogP contribution in [0.25, 0.3) is 11.1 Å². The molecule has 226 valence electrons. The number of ether oxygens (including phenoxy) is 4. The molecule has 0 saturated heterocycles. The van der Waals surface area contributed by atoms with Crippen LogP contribution in [-0.4, -0.2) is 32.4 Å². The van der Waals surface area contributed by atoms with Crippen LogP contribution in [-0.2, 0) is 11.4 Å². The van der Waals surface area contributed by atoms with Crippen LogP contribution < -0.4 is 18.9 Å². The van der Waals surface area contributed by atoms with Gasteiger partial charge in [0.25, 0.3) is 0 Å². The van der Waals surface area contributed by atoms with E-state index in [1.807, 2.05) is 97.1 Å². The Morgan fingerprint density at radius 2 is 1.20 bits per heavy atom. The zero-order valence-corrected chi connectivity index (χ0v) is 25.3. The molecule has 0 aliphatic carbocycles. The van der Waals surface area contributed by atoms with Gasteiger partial charge in [0.1, 0.15) is 24.7 Å². The Morgan fingerprint density at radius 1 is 0.622 bits per heavy atom. The average molecular weight is 599 g/mol. The molecule has 0 radical (unpaired) electrons. The molecular formula is C39H34O6. The molecule has 0 saturated carbocycles. The van der Waals surface area contributed by atoms with E-state index in [1.54, 1.807) is 25.3 Å². The van der Waals surface area contributed by atoms with Crippen LogP contribution in [0.15, 0.2) is 127 Å². The van der Waals surface area contributed by atoms with Gasteiger partial charge in [-0.25, -0.2) is 0 Å². The van der Waals surface area contributed by atoms with Gasteiger partial charge in [0.2, 0.25) is 0 Å². The van der Waals surface area contributed by atoms with Crippen molar-refractivity contribution in [3.05, 3.63) is 155 Å². The van der Waals surface area contributed by atoms with E-state index in [-0.39, 0.29) is 19.0 Å². The molecule has 6 nitrogen and oxygen atoms in total. The third-order valence-corrected chi connectivity index (χ3v) is 7.28. The van der Waals surface area contributed by atoms with E-state index in [2.05, 4.69) is 19.1 Å². The topological polar surface area (TPSA) is 71.1 Å². The third-order valence-electron chi connectivity index (χ3n) is 7.28. The Morgan fingerprint density at radius 3 is 1.80 bits per heavy atom. The van der Waals surface area contributed by atoms with Gasteiger partial charge >= 0.3 is 0 Å². The Kier molecular flexibility index (Phi) is 10.4. The number of ketones is 1. The standard InChI is InChI=1S/C39H34O6/c1-28(30-11-7-4-8-12-30)39(31-13-18-34(19-14-31)43-24-23-40)32-15-20-35(21-16-32)44-27-36(41)33-17-22-37(38(25-33)42-2)45-26-29-9-5-3-6-10-29/h3-23,25H,24,26-27H2,1-2H3/b39-28+. The van der Waals surface area contributed by atoms with Gasteiger partial charge in [0, 0.05) is 5.56 Å². The molecule has 6 heteroatoms. The molecule has 0 bridgehead atoms. The van der Waals surface area contributed by atoms with E-state index in [4.69, 9.17) is 18.9 Å². The Bertz CT molecular complexity index is 1740. The number of rotatable bonds is 14. The number of methoxy groups -OCH3 is 1. The first-order valence-electron chi connectivity index (χ1n) is 14.6. The first-order chi connectivity index (χ1) is 22.1. The predicted molar refractivity (Wildman–Crippen MR) is 176 cm³/mol. The van der Waals surface area contributed by atoms with Crippen molar-refractivity contribution >= 4 is 23.2 Å². The third kappa shape index (κ3) is 8.06. The van der Waals surface area contributed by atoms with Gasteiger partial charge in [-0.05, 0) is 82.8 Å². The maximum absolute atomic E-state index is 13.0. The minimum absolute atomic E-state index is 0.0110. The molecule has 0 N–H and O–H groups in total. The normalized spacial score (nSPS) is 11.2. The molecular weight excluding hydrogens is 564 g/mol. The van der Waals surface area contributed by atoms with Gasteiger partial charge in [-0.15, -0.1) is 0 Å². The smallest absolute Gasteiger partial charge is 0.200 e. The number of aldehydes is 1. The molecule has 0 unspecified atom stereocenters. The van der Waals surface area contributed by atoms with E-state index in [1.165, 1.54) is 0 Å². The van der Waals surface area contributed by atoms with Crippen molar-refractivity contribution in [2.24, 2.45) is 0 Å². The summed E-state index contributed by atoms with van der Waals surface area (Å²) in [5.41, 5.74) is 6.76. The summed E-state index contributed by atoms with van der Waals surface area (Å²) in [6.45, 7) is 2.38. The van der Waals surface area contributed by atoms with Crippen LogP contribution in [0.4, 0.5) is 0 Å². The van der Waals surface area contributed by atoms with Gasteiger partial charge in [0.15, 0.2) is 30.2 Å². The van der Waals surface area contributed by atoms with E-state index >= 15 is 0 Å². The van der Waals surface area contributed by atoms with Crippen LogP contribution >= 0.6 is 0 Å². The van der Waals surface area contributed by atoms with E-state index in [9.17, 15) is 9.59 Å². The average Bonchev–Trinajstić information content (AvgIpc) is 3.10. The maximum Gasteiger partial charge on any atom is 0.200 e. The lowest BCUT2D eigenvalue weighted by Gasteiger charge is -2.16. The maximum atomic E-state index is 13.0. The van der Waals surface area contributed by atoms with Crippen molar-refractivity contribution in [2.45, 2.75) is 13.5 Å². The molecule has 0 aromatic heterocycles. The molecule has 0 fully saturated rings. The van der Waals surface area contributed by atoms with Crippen LogP contribution in [0.2, 0.25) is 0 Å². The van der Waals surface area contributed by atoms with Crippen molar-refractivity contribution in [1.82, 2.24) is 0 Å². The number of Topliss-reactive ketones (excluding diaryl/α,β-unsaturated/α-hetero) is 1. The summed E-state index contributed by atoms with van der Waals surface area (Å²) in [7, 11) is 1.55. The summed E-state index contributed by atoms with van der Waals surface area (Å²) in [6, 6.07) is 40.6. The monoisotopic (exact) mass is 598 g/mol. The lowest BCUT2D eigenvalue weighted by Crippen LogP contribution is -2.12. The largest absolute Gasteiger partial charge is 0.493 e. The number of carbonyl (C=O) groups excluding carboxylic acids is 2.